The van der Waals surface area contributed by atoms with E-state index in [9.17, 15) is 19.2 Å². The van der Waals surface area contributed by atoms with Gasteiger partial charge in [0.15, 0.2) is 5.78 Å². The first-order valence-corrected chi connectivity index (χ1v) is 16.6. The molecule has 3 aliphatic carbocycles. The Bertz CT molecular complexity index is 1220. The Labute approximate surface area is 263 Å². The number of benzene rings is 1. The maximum Gasteiger partial charge on any atom is 0.312 e. The van der Waals surface area contributed by atoms with Gasteiger partial charge in [-0.3, -0.25) is 19.2 Å². The second-order valence-electron chi connectivity index (χ2n) is 14.4. The summed E-state index contributed by atoms with van der Waals surface area (Å²) in [7, 11) is 1.36. The van der Waals surface area contributed by atoms with E-state index in [1.165, 1.54) is 13.5 Å². The third-order valence-electron chi connectivity index (χ3n) is 10.3. The molecule has 1 saturated heterocycles. The number of nitrogens with zero attached hydrogens (tertiary/aromatic N) is 1. The number of hydrogen-bond donors (Lipinski definition) is 0. The van der Waals surface area contributed by atoms with Crippen molar-refractivity contribution in [2.45, 2.75) is 104 Å². The predicted molar refractivity (Wildman–Crippen MR) is 164 cm³/mol. The van der Waals surface area contributed by atoms with Gasteiger partial charge in [0.2, 0.25) is 5.91 Å². The van der Waals surface area contributed by atoms with Crippen molar-refractivity contribution in [3.05, 3.63) is 34.3 Å². The Balaban J connectivity index is 1.32. The molecule has 0 N–H and O–H groups in total. The second-order valence-corrected chi connectivity index (χ2v) is 15.3. The maximum atomic E-state index is 14.3. The van der Waals surface area contributed by atoms with Gasteiger partial charge in [0, 0.05) is 23.9 Å². The number of hydrogen-bond acceptors (Lipinski definition) is 7. The lowest BCUT2D eigenvalue weighted by Gasteiger charge is -2.35. The normalized spacial score (nSPS) is 31.7. The van der Waals surface area contributed by atoms with Crippen molar-refractivity contribution in [1.82, 2.24) is 4.90 Å². The van der Waals surface area contributed by atoms with Gasteiger partial charge < -0.3 is 19.1 Å². The molecule has 1 aromatic carbocycles. The molecule has 1 aromatic rings. The molecule has 0 bridgehead atoms. The summed E-state index contributed by atoms with van der Waals surface area (Å²) < 4.78 is 18.2. The van der Waals surface area contributed by atoms with E-state index in [-0.39, 0.29) is 61.1 Å². The number of fused-ring (bicyclic) bond motifs is 1. The van der Waals surface area contributed by atoms with Crippen LogP contribution in [0, 0.1) is 34.5 Å². The standard InChI is InChI=1S/C34H46BrNO7/c1-6-23-16-34(23,32(40)41-5)17-29(37)28-14-26(42-19-20-7-9-24(35)10-8-20)18-36(28)31(39)27(33(2,3)4)15-30(38)43-25-12-21-11-22(21)13-25/h7-10,21-23,25-28H,6,11-19H2,1-5H3/t21-,22+,23-,25?,26+,27?,28+,34-/m1/s1. The summed E-state index contributed by atoms with van der Waals surface area (Å²) in [6, 6.07) is 7.10. The quantitative estimate of drug-likeness (QED) is 0.259. The van der Waals surface area contributed by atoms with E-state index in [2.05, 4.69) is 15.9 Å². The molecule has 0 aromatic heterocycles. The lowest BCUT2D eigenvalue weighted by molar-refractivity contribution is -0.157. The van der Waals surface area contributed by atoms with Crippen molar-refractivity contribution in [3.8, 4) is 0 Å². The average molecular weight is 661 g/mol. The molecule has 4 aliphatic rings. The zero-order chi connectivity index (χ0) is 31.1. The molecular formula is C34H46BrNO7. The van der Waals surface area contributed by atoms with E-state index in [4.69, 9.17) is 14.2 Å². The molecule has 1 aliphatic heterocycles. The van der Waals surface area contributed by atoms with Crippen LogP contribution < -0.4 is 0 Å². The molecule has 3 saturated carbocycles. The highest BCUT2D eigenvalue weighted by Gasteiger charge is 2.61. The number of methoxy groups -OCH3 is 1. The minimum absolute atomic E-state index is 0.0278. The number of esters is 2. The molecule has 0 radical (unpaired) electrons. The minimum Gasteiger partial charge on any atom is -0.469 e. The predicted octanol–water partition coefficient (Wildman–Crippen LogP) is 5.88. The smallest absolute Gasteiger partial charge is 0.312 e. The Hall–Kier alpha value is -2.26. The van der Waals surface area contributed by atoms with E-state index in [0.717, 1.165) is 29.3 Å². The number of ketones is 1. The summed E-state index contributed by atoms with van der Waals surface area (Å²) in [5.41, 5.74) is -0.361. The SMILES string of the molecule is CC[C@@H]1C[C@]1(CC(=O)[C@@H]1C[C@H](OCc2ccc(Br)cc2)CN1C(=O)C(CC(=O)OC1C[C@@H]2C[C@@H]2C1)C(C)(C)C)C(=O)OC. The first-order chi connectivity index (χ1) is 20.3. The fraction of sp³-hybridized carbons (Fsp3) is 0.706. The lowest BCUT2D eigenvalue weighted by atomic mass is 9.77. The van der Waals surface area contributed by atoms with Gasteiger partial charge in [-0.1, -0.05) is 62.2 Å². The van der Waals surface area contributed by atoms with Crippen LogP contribution in [0.3, 0.4) is 0 Å². The summed E-state index contributed by atoms with van der Waals surface area (Å²) in [6.45, 7) is 8.46. The largest absolute Gasteiger partial charge is 0.469 e. The van der Waals surface area contributed by atoms with Crippen LogP contribution in [0.15, 0.2) is 28.7 Å². The fourth-order valence-corrected chi connectivity index (χ4v) is 7.73. The first-order valence-electron chi connectivity index (χ1n) is 15.8. The van der Waals surface area contributed by atoms with Crippen LogP contribution in [0.2, 0.25) is 0 Å². The van der Waals surface area contributed by atoms with Crippen LogP contribution in [0.25, 0.3) is 0 Å². The van der Waals surface area contributed by atoms with Crippen molar-refractivity contribution in [1.29, 1.82) is 0 Å². The topological polar surface area (TPSA) is 99.2 Å². The number of halogens is 1. The molecule has 8 atom stereocenters. The number of ether oxygens (including phenoxy) is 3. The Morgan fingerprint density at radius 2 is 1.70 bits per heavy atom. The van der Waals surface area contributed by atoms with Gasteiger partial charge in [0.25, 0.3) is 0 Å². The van der Waals surface area contributed by atoms with Gasteiger partial charge in [-0.15, -0.1) is 0 Å². The number of amides is 1. The second kappa shape index (κ2) is 12.6. The molecule has 1 heterocycles. The number of Topliss-reactive ketones (excluding diaryl/α,β-unsaturated/α-hetero) is 1. The van der Waals surface area contributed by atoms with Crippen LogP contribution >= 0.6 is 15.9 Å². The Kier molecular flexibility index (Phi) is 9.44. The first kappa shape index (κ1) is 32.1. The molecule has 43 heavy (non-hydrogen) atoms. The molecule has 9 heteroatoms. The Morgan fingerprint density at radius 3 is 2.28 bits per heavy atom. The highest BCUT2D eigenvalue weighted by Crippen LogP contribution is 2.58. The molecule has 0 spiro atoms. The van der Waals surface area contributed by atoms with Gasteiger partial charge in [0.1, 0.15) is 6.10 Å². The minimum atomic E-state index is -0.819. The number of carbonyl (C=O) groups is 4. The summed E-state index contributed by atoms with van der Waals surface area (Å²) in [5.74, 6) is -0.268. The van der Waals surface area contributed by atoms with Gasteiger partial charge in [-0.2, -0.15) is 0 Å². The fourth-order valence-electron chi connectivity index (χ4n) is 7.47. The number of carbonyl (C=O) groups excluding carboxylic acids is 4. The van der Waals surface area contributed by atoms with E-state index < -0.39 is 22.8 Å². The summed E-state index contributed by atoms with van der Waals surface area (Å²) in [5, 5.41) is 0. The third-order valence-corrected chi connectivity index (χ3v) is 10.9. The Morgan fingerprint density at radius 1 is 1.02 bits per heavy atom. The maximum absolute atomic E-state index is 14.3. The van der Waals surface area contributed by atoms with E-state index in [1.54, 1.807) is 4.90 Å². The monoisotopic (exact) mass is 659 g/mol. The van der Waals surface area contributed by atoms with Crippen LogP contribution in [0.1, 0.15) is 84.6 Å². The van der Waals surface area contributed by atoms with Crippen LogP contribution in [0.5, 0.6) is 0 Å². The molecule has 236 valence electrons. The highest BCUT2D eigenvalue weighted by atomic mass is 79.9. The summed E-state index contributed by atoms with van der Waals surface area (Å²) in [4.78, 5) is 55.7. The molecule has 2 unspecified atom stereocenters. The van der Waals surface area contributed by atoms with Crippen LogP contribution in [-0.4, -0.2) is 60.4 Å². The van der Waals surface area contributed by atoms with E-state index in [0.29, 0.717) is 31.3 Å². The van der Waals surface area contributed by atoms with Crippen molar-refractivity contribution in [3.63, 3.8) is 0 Å². The zero-order valence-electron chi connectivity index (χ0n) is 26.1. The summed E-state index contributed by atoms with van der Waals surface area (Å²) >= 11 is 3.45. The van der Waals surface area contributed by atoms with Crippen molar-refractivity contribution < 1.29 is 33.4 Å². The number of likely N-dealkylation sites (tertiary alicyclic amines) is 1. The lowest BCUT2D eigenvalue weighted by Crippen LogP contribution is -2.48. The number of rotatable bonds is 12. The molecule has 4 fully saturated rings. The van der Waals surface area contributed by atoms with Gasteiger partial charge in [-0.25, -0.2) is 0 Å². The van der Waals surface area contributed by atoms with E-state index in [1.807, 2.05) is 52.0 Å². The van der Waals surface area contributed by atoms with Crippen molar-refractivity contribution in [2.24, 2.45) is 34.5 Å². The zero-order valence-corrected chi connectivity index (χ0v) is 27.7. The third kappa shape index (κ3) is 7.19. The van der Waals surface area contributed by atoms with Crippen LogP contribution in [0.4, 0.5) is 0 Å². The molecular weight excluding hydrogens is 614 g/mol. The van der Waals surface area contributed by atoms with Crippen molar-refractivity contribution >= 4 is 39.6 Å². The highest BCUT2D eigenvalue weighted by molar-refractivity contribution is 9.10. The van der Waals surface area contributed by atoms with Crippen LogP contribution in [-0.2, 0) is 40.0 Å². The molecule has 8 nitrogen and oxygen atoms in total. The molecule has 5 rings (SSSR count). The van der Waals surface area contributed by atoms with Gasteiger partial charge in [-0.05, 0) is 66.5 Å². The van der Waals surface area contributed by atoms with Gasteiger partial charge >= 0.3 is 11.9 Å². The summed E-state index contributed by atoms with van der Waals surface area (Å²) in [6.07, 6.45) is 4.44. The van der Waals surface area contributed by atoms with Gasteiger partial charge in [0.05, 0.1) is 43.6 Å². The van der Waals surface area contributed by atoms with E-state index >= 15 is 0 Å². The molecule has 1 amide bonds. The van der Waals surface area contributed by atoms with Crippen molar-refractivity contribution in [2.75, 3.05) is 13.7 Å². The average Bonchev–Trinajstić information content (AvgIpc) is 3.76.